The molecule has 3 rings (SSSR count). The molecule has 0 bridgehead atoms. The quantitative estimate of drug-likeness (QED) is 0.513. The summed E-state index contributed by atoms with van der Waals surface area (Å²) in [4.78, 5) is 39.4. The molecule has 0 amide bonds. The Kier molecular flexibility index (Phi) is 6.47. The summed E-state index contributed by atoms with van der Waals surface area (Å²) < 4.78 is 17.5. The summed E-state index contributed by atoms with van der Waals surface area (Å²) >= 11 is 7.42. The van der Waals surface area contributed by atoms with Crippen LogP contribution >= 0.6 is 22.9 Å². The van der Waals surface area contributed by atoms with Crippen molar-refractivity contribution in [3.05, 3.63) is 55.8 Å². The van der Waals surface area contributed by atoms with Gasteiger partial charge >= 0.3 is 0 Å². The van der Waals surface area contributed by atoms with E-state index in [0.29, 0.717) is 23.0 Å². The Morgan fingerprint density at radius 3 is 2.61 bits per heavy atom. The lowest BCUT2D eigenvalue weighted by Crippen LogP contribution is -2.31. The van der Waals surface area contributed by atoms with E-state index < -0.39 is 16.8 Å². The Morgan fingerprint density at radius 1 is 1.32 bits per heavy atom. The summed E-state index contributed by atoms with van der Waals surface area (Å²) in [6.45, 7) is 5.48. The number of aldehydes is 1. The Bertz CT molecular complexity index is 1190. The molecule has 0 aromatic carbocycles. The maximum atomic E-state index is 14.6. The molecule has 0 atom stereocenters. The Labute approximate surface area is 187 Å². The van der Waals surface area contributed by atoms with Crippen molar-refractivity contribution >= 4 is 40.9 Å². The molecule has 164 valence electrons. The molecular weight excluding hydrogens is 443 g/mol. The molecule has 0 radical (unpaired) electrons. The molecule has 0 saturated carbocycles. The normalized spacial score (nSPS) is 11.5. The zero-order valence-electron chi connectivity index (χ0n) is 17.6. The van der Waals surface area contributed by atoms with E-state index >= 15 is 0 Å². The van der Waals surface area contributed by atoms with Gasteiger partial charge in [0.2, 0.25) is 0 Å². The zero-order chi connectivity index (χ0) is 22.9. The maximum Gasteiger partial charge on any atom is 0.263 e. The highest BCUT2D eigenvalue weighted by molar-refractivity contribution is 7.16. The highest BCUT2D eigenvalue weighted by Gasteiger charge is 2.29. The number of hydrogen-bond donors (Lipinski definition) is 0. The summed E-state index contributed by atoms with van der Waals surface area (Å²) in [6.07, 6.45) is 1.76. The van der Waals surface area contributed by atoms with Gasteiger partial charge in [-0.05, 0) is 18.2 Å². The first kappa shape index (κ1) is 22.9. The maximum absolute atomic E-state index is 14.6. The summed E-state index contributed by atoms with van der Waals surface area (Å²) in [7, 11) is 1.77. The minimum absolute atomic E-state index is 0.0198. The predicted octanol–water partition coefficient (Wildman–Crippen LogP) is 4.09. The Hall–Kier alpha value is -2.78. The van der Waals surface area contributed by atoms with Gasteiger partial charge in [0.15, 0.2) is 0 Å². The minimum atomic E-state index is -0.778. The monoisotopic (exact) mass is 464 g/mol. The second-order valence-corrected chi connectivity index (χ2v) is 9.88. The molecule has 7 nitrogen and oxygen atoms in total. The van der Waals surface area contributed by atoms with Crippen LogP contribution in [0.5, 0.6) is 0 Å². The number of carbonyl (C=O) groups excluding carboxylic acids is 2. The third-order valence-corrected chi connectivity index (χ3v) is 5.80. The van der Waals surface area contributed by atoms with Crippen LogP contribution in [-0.4, -0.2) is 33.6 Å². The molecule has 10 heteroatoms. The number of anilines is 1. The first-order valence-electron chi connectivity index (χ1n) is 9.46. The zero-order valence-corrected chi connectivity index (χ0v) is 19.1. The van der Waals surface area contributed by atoms with E-state index in [0.717, 1.165) is 15.5 Å². The van der Waals surface area contributed by atoms with Crippen molar-refractivity contribution in [1.29, 1.82) is 0 Å². The number of nitrogens with zero attached hydrogens (tertiary/aromatic N) is 4. The minimum Gasteiger partial charge on any atom is -0.354 e. The molecule has 0 unspecified atom stereocenters. The standard InChI is InChI=1S/C21H22ClFN4O3S/c1-21(2,3)20(30)27-17(25(4)12-13-5-6-16(22)31-13)11-15(24-27)18-14(23)7-8-26(9-10-28)19(18)29/h5-8,10-11H,9,12H2,1-4H3. The number of pyridine rings is 1. The van der Waals surface area contributed by atoms with Gasteiger partial charge in [-0.3, -0.25) is 9.59 Å². The van der Waals surface area contributed by atoms with E-state index in [4.69, 9.17) is 11.6 Å². The van der Waals surface area contributed by atoms with Gasteiger partial charge in [-0.2, -0.15) is 9.78 Å². The lowest BCUT2D eigenvalue weighted by Gasteiger charge is -2.22. The topological polar surface area (TPSA) is 77.2 Å². The average molecular weight is 465 g/mol. The third-order valence-electron chi connectivity index (χ3n) is 4.58. The van der Waals surface area contributed by atoms with Crippen LogP contribution < -0.4 is 10.5 Å². The summed E-state index contributed by atoms with van der Waals surface area (Å²) in [5, 5.41) is 4.30. The molecule has 3 aromatic rings. The summed E-state index contributed by atoms with van der Waals surface area (Å²) in [5.41, 5.74) is -1.73. The fourth-order valence-electron chi connectivity index (χ4n) is 2.99. The van der Waals surface area contributed by atoms with Gasteiger partial charge in [0.1, 0.15) is 29.2 Å². The average Bonchev–Trinajstić information content (AvgIpc) is 3.29. The predicted molar refractivity (Wildman–Crippen MR) is 119 cm³/mol. The van der Waals surface area contributed by atoms with Crippen molar-refractivity contribution < 1.29 is 14.0 Å². The summed E-state index contributed by atoms with van der Waals surface area (Å²) in [5.74, 6) is -0.683. The lowest BCUT2D eigenvalue weighted by molar-refractivity contribution is -0.108. The number of halogens is 2. The van der Waals surface area contributed by atoms with E-state index in [9.17, 15) is 18.8 Å². The van der Waals surface area contributed by atoms with Crippen LogP contribution in [0, 0.1) is 11.2 Å². The molecule has 3 aromatic heterocycles. The van der Waals surface area contributed by atoms with Crippen LogP contribution in [0.4, 0.5) is 10.2 Å². The SMILES string of the molecule is CN(Cc1ccc(Cl)s1)c1cc(-c2c(F)ccn(CC=O)c2=O)nn1C(=O)C(C)(C)C. The molecule has 3 heterocycles. The fourth-order valence-corrected chi connectivity index (χ4v) is 4.13. The molecule has 0 saturated heterocycles. The van der Waals surface area contributed by atoms with Crippen LogP contribution in [-0.2, 0) is 17.9 Å². The van der Waals surface area contributed by atoms with E-state index in [1.165, 1.54) is 28.3 Å². The number of rotatable bonds is 6. The number of hydrogen-bond acceptors (Lipinski definition) is 6. The van der Waals surface area contributed by atoms with Crippen molar-refractivity contribution in [3.8, 4) is 11.3 Å². The van der Waals surface area contributed by atoms with Gasteiger partial charge in [-0.1, -0.05) is 32.4 Å². The Morgan fingerprint density at radius 2 is 2.03 bits per heavy atom. The van der Waals surface area contributed by atoms with Gasteiger partial charge in [-0.15, -0.1) is 11.3 Å². The first-order valence-corrected chi connectivity index (χ1v) is 10.7. The number of thiophene rings is 1. The fraction of sp³-hybridized carbons (Fsp3) is 0.333. The van der Waals surface area contributed by atoms with Crippen LogP contribution in [0.25, 0.3) is 11.3 Å². The number of carbonyl (C=O) groups is 2. The van der Waals surface area contributed by atoms with Crippen LogP contribution in [0.1, 0.15) is 30.4 Å². The second-order valence-electron chi connectivity index (χ2n) is 8.08. The largest absolute Gasteiger partial charge is 0.354 e. The molecule has 0 aliphatic heterocycles. The second kappa shape index (κ2) is 8.76. The highest BCUT2D eigenvalue weighted by atomic mass is 35.5. The van der Waals surface area contributed by atoms with Crippen LogP contribution in [0.15, 0.2) is 35.3 Å². The van der Waals surface area contributed by atoms with Gasteiger partial charge in [0.25, 0.3) is 11.5 Å². The van der Waals surface area contributed by atoms with Gasteiger partial charge < -0.3 is 14.3 Å². The van der Waals surface area contributed by atoms with Gasteiger partial charge in [0.05, 0.1) is 17.4 Å². The molecule has 0 aliphatic rings. The number of aromatic nitrogens is 3. The molecule has 0 aliphatic carbocycles. The molecule has 0 fully saturated rings. The van der Waals surface area contributed by atoms with Crippen LogP contribution in [0.3, 0.4) is 0 Å². The summed E-state index contributed by atoms with van der Waals surface area (Å²) in [6, 6.07) is 6.27. The van der Waals surface area contributed by atoms with Crippen molar-refractivity contribution in [2.24, 2.45) is 5.41 Å². The highest BCUT2D eigenvalue weighted by Crippen LogP contribution is 2.29. The van der Waals surface area contributed by atoms with Crippen molar-refractivity contribution in [1.82, 2.24) is 14.3 Å². The van der Waals surface area contributed by atoms with E-state index in [2.05, 4.69) is 5.10 Å². The molecule has 31 heavy (non-hydrogen) atoms. The molecule has 0 N–H and O–H groups in total. The smallest absolute Gasteiger partial charge is 0.263 e. The first-order chi connectivity index (χ1) is 14.5. The third kappa shape index (κ3) is 4.77. The lowest BCUT2D eigenvalue weighted by atomic mass is 9.96. The van der Waals surface area contributed by atoms with Crippen LogP contribution in [0.2, 0.25) is 4.34 Å². The van der Waals surface area contributed by atoms with Crippen molar-refractivity contribution in [2.75, 3.05) is 11.9 Å². The Balaban J connectivity index is 2.14. The van der Waals surface area contributed by atoms with Gasteiger partial charge in [0, 0.05) is 29.6 Å². The molecular formula is C21H22ClFN4O3S. The van der Waals surface area contributed by atoms with E-state index in [1.54, 1.807) is 38.8 Å². The molecule has 0 spiro atoms. The van der Waals surface area contributed by atoms with E-state index in [-0.39, 0.29) is 23.7 Å². The van der Waals surface area contributed by atoms with Crippen molar-refractivity contribution in [3.63, 3.8) is 0 Å². The van der Waals surface area contributed by atoms with E-state index in [1.807, 2.05) is 6.07 Å². The van der Waals surface area contributed by atoms with Crippen molar-refractivity contribution in [2.45, 2.75) is 33.9 Å². The van der Waals surface area contributed by atoms with Gasteiger partial charge in [-0.25, -0.2) is 4.39 Å².